The minimum atomic E-state index is -1.34. The number of halogens is 2. The molecule has 0 spiro atoms. The van der Waals surface area contributed by atoms with Crippen LogP contribution in [0.15, 0.2) is 12.1 Å². The van der Waals surface area contributed by atoms with Crippen LogP contribution in [0, 0.1) is 17.0 Å². The topological polar surface area (TPSA) is 49.3 Å². The van der Waals surface area contributed by atoms with Crippen molar-refractivity contribution >= 4 is 11.7 Å². The molecule has 0 saturated heterocycles. The van der Waals surface area contributed by atoms with E-state index in [2.05, 4.69) is 5.32 Å². The Bertz CT molecular complexity index is 447. The van der Waals surface area contributed by atoms with Gasteiger partial charge in [0.1, 0.15) is 17.3 Å². The lowest BCUT2D eigenvalue weighted by molar-refractivity contribution is 0.0696. The summed E-state index contributed by atoms with van der Waals surface area (Å²) in [6.07, 6.45) is 2.08. The third kappa shape index (κ3) is 2.54. The second-order valence-corrected chi connectivity index (χ2v) is 4.78. The molecule has 0 bridgehead atoms. The zero-order valence-corrected chi connectivity index (χ0v) is 9.39. The Morgan fingerprint density at radius 3 is 2.35 bits per heavy atom. The number of carbonyl (C=O) groups is 1. The molecule has 1 saturated carbocycles. The van der Waals surface area contributed by atoms with Crippen LogP contribution in [0.1, 0.15) is 30.1 Å². The monoisotopic (exact) mass is 241 g/mol. The summed E-state index contributed by atoms with van der Waals surface area (Å²) >= 11 is 0. The summed E-state index contributed by atoms with van der Waals surface area (Å²) in [5.74, 6) is -3.08. The molecule has 0 aromatic heterocycles. The Kier molecular flexibility index (Phi) is 2.77. The van der Waals surface area contributed by atoms with Gasteiger partial charge in [-0.2, -0.15) is 0 Å². The second-order valence-electron chi connectivity index (χ2n) is 4.78. The first-order valence-corrected chi connectivity index (χ1v) is 5.37. The fourth-order valence-corrected chi connectivity index (χ4v) is 1.56. The Balaban J connectivity index is 2.19. The van der Waals surface area contributed by atoms with Gasteiger partial charge in [0.25, 0.3) is 0 Å². The Morgan fingerprint density at radius 2 is 1.94 bits per heavy atom. The van der Waals surface area contributed by atoms with Gasteiger partial charge in [0.15, 0.2) is 0 Å². The van der Waals surface area contributed by atoms with Gasteiger partial charge in [-0.15, -0.1) is 0 Å². The Morgan fingerprint density at radius 1 is 1.41 bits per heavy atom. The number of carboxylic acids is 1. The van der Waals surface area contributed by atoms with Crippen LogP contribution in [0.3, 0.4) is 0 Å². The van der Waals surface area contributed by atoms with Crippen molar-refractivity contribution in [1.82, 2.24) is 0 Å². The highest BCUT2D eigenvalue weighted by atomic mass is 19.1. The van der Waals surface area contributed by atoms with Crippen LogP contribution in [-0.4, -0.2) is 17.6 Å². The van der Waals surface area contributed by atoms with Gasteiger partial charge < -0.3 is 10.4 Å². The standard InChI is InChI=1S/C12H13F2NO2/c1-12(2-3-12)6-15-10-8(13)4-7(11(16)17)5-9(10)14/h4-5,15H,2-3,6H2,1H3,(H,16,17). The average molecular weight is 241 g/mol. The van der Waals surface area contributed by atoms with Gasteiger partial charge in [-0.25, -0.2) is 13.6 Å². The van der Waals surface area contributed by atoms with E-state index in [9.17, 15) is 13.6 Å². The zero-order chi connectivity index (χ0) is 12.6. The SMILES string of the molecule is CC1(CNc2c(F)cc(C(=O)O)cc2F)CC1. The molecule has 1 aromatic rings. The molecule has 1 aliphatic rings. The average Bonchev–Trinajstić information content (AvgIpc) is 2.95. The molecule has 0 aliphatic heterocycles. The van der Waals surface area contributed by atoms with Gasteiger partial charge in [0.2, 0.25) is 0 Å². The van der Waals surface area contributed by atoms with Crippen molar-refractivity contribution in [2.45, 2.75) is 19.8 Å². The quantitative estimate of drug-likeness (QED) is 0.852. The van der Waals surface area contributed by atoms with Crippen LogP contribution in [0.25, 0.3) is 0 Å². The maximum Gasteiger partial charge on any atom is 0.335 e. The normalized spacial score (nSPS) is 16.6. The van der Waals surface area contributed by atoms with Crippen LogP contribution in [0.2, 0.25) is 0 Å². The number of hydrogen-bond donors (Lipinski definition) is 2. The minimum absolute atomic E-state index is 0.115. The molecule has 0 heterocycles. The molecule has 1 aromatic carbocycles. The molecule has 0 radical (unpaired) electrons. The third-order valence-electron chi connectivity index (χ3n) is 3.08. The molecule has 2 N–H and O–H groups in total. The van der Waals surface area contributed by atoms with Gasteiger partial charge >= 0.3 is 5.97 Å². The molecule has 5 heteroatoms. The molecular weight excluding hydrogens is 228 g/mol. The number of benzene rings is 1. The summed E-state index contributed by atoms with van der Waals surface area (Å²) in [4.78, 5) is 10.6. The molecule has 0 unspecified atom stereocenters. The largest absolute Gasteiger partial charge is 0.478 e. The van der Waals surface area contributed by atoms with E-state index >= 15 is 0 Å². The summed E-state index contributed by atoms with van der Waals surface area (Å²) in [5.41, 5.74) is -0.518. The molecule has 1 aliphatic carbocycles. The summed E-state index contributed by atoms with van der Waals surface area (Å²) in [7, 11) is 0. The van der Waals surface area contributed by atoms with E-state index in [1.165, 1.54) is 0 Å². The number of carboxylic acid groups (broad SMARTS) is 1. The fourth-order valence-electron chi connectivity index (χ4n) is 1.56. The van der Waals surface area contributed by atoms with Crippen LogP contribution < -0.4 is 5.32 Å². The van der Waals surface area contributed by atoms with Crippen LogP contribution in [0.4, 0.5) is 14.5 Å². The van der Waals surface area contributed by atoms with E-state index in [4.69, 9.17) is 5.11 Å². The van der Waals surface area contributed by atoms with Crippen LogP contribution in [-0.2, 0) is 0 Å². The summed E-state index contributed by atoms with van der Waals surface area (Å²) in [6, 6.07) is 1.64. The highest BCUT2D eigenvalue weighted by Gasteiger charge is 2.37. The van der Waals surface area contributed by atoms with Crippen molar-refractivity contribution < 1.29 is 18.7 Å². The first-order valence-electron chi connectivity index (χ1n) is 5.37. The first-order chi connectivity index (χ1) is 7.91. The van der Waals surface area contributed by atoms with Crippen molar-refractivity contribution in [2.24, 2.45) is 5.41 Å². The molecule has 2 rings (SSSR count). The lowest BCUT2D eigenvalue weighted by Crippen LogP contribution is -2.14. The molecular formula is C12H13F2NO2. The van der Waals surface area contributed by atoms with Crippen molar-refractivity contribution in [1.29, 1.82) is 0 Å². The maximum absolute atomic E-state index is 13.5. The van der Waals surface area contributed by atoms with Gasteiger partial charge in [-0.3, -0.25) is 0 Å². The Hall–Kier alpha value is -1.65. The minimum Gasteiger partial charge on any atom is -0.478 e. The number of aromatic carboxylic acids is 1. The molecule has 3 nitrogen and oxygen atoms in total. The third-order valence-corrected chi connectivity index (χ3v) is 3.08. The number of nitrogens with one attached hydrogen (secondary N) is 1. The maximum atomic E-state index is 13.5. The molecule has 0 amide bonds. The first kappa shape index (κ1) is 11.8. The van der Waals surface area contributed by atoms with Crippen LogP contribution in [0.5, 0.6) is 0 Å². The summed E-state index contributed by atoms with van der Waals surface area (Å²) < 4.78 is 27.0. The van der Waals surface area contributed by atoms with Crippen molar-refractivity contribution in [3.05, 3.63) is 29.3 Å². The van der Waals surface area contributed by atoms with E-state index in [1.54, 1.807) is 0 Å². The van der Waals surface area contributed by atoms with Crippen molar-refractivity contribution in [2.75, 3.05) is 11.9 Å². The van der Waals surface area contributed by atoms with Crippen molar-refractivity contribution in [3.63, 3.8) is 0 Å². The van der Waals surface area contributed by atoms with E-state index in [-0.39, 0.29) is 16.7 Å². The lowest BCUT2D eigenvalue weighted by Gasteiger charge is -2.13. The molecule has 0 atom stereocenters. The van der Waals surface area contributed by atoms with Gasteiger partial charge in [-0.05, 0) is 30.4 Å². The van der Waals surface area contributed by atoms with Gasteiger partial charge in [0, 0.05) is 6.54 Å². The molecule has 1 fully saturated rings. The second kappa shape index (κ2) is 3.98. The smallest absolute Gasteiger partial charge is 0.335 e. The van der Waals surface area contributed by atoms with Crippen LogP contribution >= 0.6 is 0 Å². The van der Waals surface area contributed by atoms with E-state index in [0.29, 0.717) is 6.54 Å². The summed E-state index contributed by atoms with van der Waals surface area (Å²) in [6.45, 7) is 2.52. The lowest BCUT2D eigenvalue weighted by atomic mass is 10.1. The number of anilines is 1. The zero-order valence-electron chi connectivity index (χ0n) is 9.39. The van der Waals surface area contributed by atoms with Gasteiger partial charge in [-0.1, -0.05) is 6.92 Å². The Labute approximate surface area is 97.5 Å². The van der Waals surface area contributed by atoms with Crippen molar-refractivity contribution in [3.8, 4) is 0 Å². The molecule has 92 valence electrons. The van der Waals surface area contributed by atoms with E-state index in [0.717, 1.165) is 25.0 Å². The predicted octanol–water partition coefficient (Wildman–Crippen LogP) is 2.88. The number of rotatable bonds is 4. The van der Waals surface area contributed by atoms with E-state index in [1.807, 2.05) is 6.92 Å². The highest BCUT2D eigenvalue weighted by molar-refractivity contribution is 5.88. The molecule has 17 heavy (non-hydrogen) atoms. The summed E-state index contributed by atoms with van der Waals surface area (Å²) in [5, 5.41) is 11.3. The van der Waals surface area contributed by atoms with Gasteiger partial charge in [0.05, 0.1) is 5.56 Å². The fraction of sp³-hybridized carbons (Fsp3) is 0.417. The highest BCUT2D eigenvalue weighted by Crippen LogP contribution is 2.44. The predicted molar refractivity (Wildman–Crippen MR) is 59.1 cm³/mol. The number of hydrogen-bond acceptors (Lipinski definition) is 2. The van der Waals surface area contributed by atoms with E-state index < -0.39 is 17.6 Å².